The number of esters is 1. The van der Waals surface area contributed by atoms with Crippen LogP contribution in [0, 0.1) is 0 Å². The molecular formula is C20H27NO4. The summed E-state index contributed by atoms with van der Waals surface area (Å²) in [7, 11) is 2.92. The van der Waals surface area contributed by atoms with Gasteiger partial charge in [-0.3, -0.25) is 9.59 Å². The molecule has 1 aliphatic rings. The minimum absolute atomic E-state index is 0.113. The molecule has 0 saturated heterocycles. The zero-order valence-electron chi connectivity index (χ0n) is 15.1. The van der Waals surface area contributed by atoms with E-state index in [0.29, 0.717) is 24.4 Å². The topological polar surface area (TPSA) is 55.8 Å². The standard InChI is InChI=1S/C20H27NO4/c1-24-18-11-7-6-10-17(18)20(23)21(15-13-19(22)25-2)14-12-16-8-4-3-5-9-16/h6-8,10-11H,3-5,9,12-15H2,1-2H3. The fraction of sp³-hybridized carbons (Fsp3) is 0.500. The first-order valence-corrected chi connectivity index (χ1v) is 8.82. The van der Waals surface area contributed by atoms with Crippen LogP contribution in [0.2, 0.25) is 0 Å². The van der Waals surface area contributed by atoms with Crippen molar-refractivity contribution in [1.82, 2.24) is 4.90 Å². The molecule has 0 fully saturated rings. The molecule has 136 valence electrons. The van der Waals surface area contributed by atoms with Crippen LogP contribution in [0.1, 0.15) is 48.9 Å². The molecule has 0 N–H and O–H groups in total. The van der Waals surface area contributed by atoms with Crippen molar-refractivity contribution in [3.05, 3.63) is 41.5 Å². The molecule has 0 aliphatic heterocycles. The number of rotatable bonds is 8. The van der Waals surface area contributed by atoms with Gasteiger partial charge >= 0.3 is 5.97 Å². The Kier molecular flexibility index (Phi) is 7.51. The number of amides is 1. The first-order valence-electron chi connectivity index (χ1n) is 8.82. The molecule has 1 aliphatic carbocycles. The van der Waals surface area contributed by atoms with Crippen LogP contribution in [0.15, 0.2) is 35.9 Å². The molecular weight excluding hydrogens is 318 g/mol. The minimum atomic E-state index is -0.310. The van der Waals surface area contributed by atoms with Crippen LogP contribution in [-0.2, 0) is 9.53 Å². The number of hydrogen-bond acceptors (Lipinski definition) is 4. The van der Waals surface area contributed by atoms with Gasteiger partial charge in [0.2, 0.25) is 0 Å². The highest BCUT2D eigenvalue weighted by molar-refractivity contribution is 5.97. The van der Waals surface area contributed by atoms with Crippen molar-refractivity contribution >= 4 is 11.9 Å². The first-order chi connectivity index (χ1) is 12.2. The van der Waals surface area contributed by atoms with E-state index < -0.39 is 0 Å². The maximum atomic E-state index is 13.0. The number of para-hydroxylation sites is 1. The number of methoxy groups -OCH3 is 2. The summed E-state index contributed by atoms with van der Waals surface area (Å²) in [6.07, 6.45) is 8.02. The predicted molar refractivity (Wildman–Crippen MR) is 96.7 cm³/mol. The molecule has 0 atom stereocenters. The van der Waals surface area contributed by atoms with Gasteiger partial charge in [0.1, 0.15) is 5.75 Å². The van der Waals surface area contributed by atoms with E-state index in [-0.39, 0.29) is 18.3 Å². The van der Waals surface area contributed by atoms with Crippen LogP contribution >= 0.6 is 0 Å². The monoisotopic (exact) mass is 345 g/mol. The van der Waals surface area contributed by atoms with Crippen LogP contribution < -0.4 is 4.74 Å². The number of allylic oxidation sites excluding steroid dienone is 1. The molecule has 5 nitrogen and oxygen atoms in total. The Morgan fingerprint density at radius 2 is 1.92 bits per heavy atom. The van der Waals surface area contributed by atoms with E-state index in [1.807, 2.05) is 12.1 Å². The highest BCUT2D eigenvalue weighted by Gasteiger charge is 2.20. The smallest absolute Gasteiger partial charge is 0.307 e. The second-order valence-corrected chi connectivity index (χ2v) is 6.18. The highest BCUT2D eigenvalue weighted by Crippen LogP contribution is 2.23. The van der Waals surface area contributed by atoms with Crippen LogP contribution in [0.5, 0.6) is 5.75 Å². The molecule has 1 aromatic rings. The Balaban J connectivity index is 2.10. The lowest BCUT2D eigenvalue weighted by Crippen LogP contribution is -2.34. The zero-order chi connectivity index (χ0) is 18.1. The lowest BCUT2D eigenvalue weighted by Gasteiger charge is -2.24. The molecule has 0 heterocycles. The summed E-state index contributed by atoms with van der Waals surface area (Å²) >= 11 is 0. The van der Waals surface area contributed by atoms with Crippen molar-refractivity contribution in [2.24, 2.45) is 0 Å². The van der Waals surface area contributed by atoms with Crippen molar-refractivity contribution in [2.45, 2.75) is 38.5 Å². The largest absolute Gasteiger partial charge is 0.496 e. The van der Waals surface area contributed by atoms with Gasteiger partial charge in [-0.05, 0) is 44.2 Å². The second kappa shape index (κ2) is 9.87. The van der Waals surface area contributed by atoms with E-state index in [1.54, 1.807) is 24.1 Å². The summed E-state index contributed by atoms with van der Waals surface area (Å²) < 4.78 is 10.0. The van der Waals surface area contributed by atoms with Gasteiger partial charge in [-0.1, -0.05) is 23.8 Å². The average Bonchev–Trinajstić information content (AvgIpc) is 2.68. The Bertz CT molecular complexity index is 624. The van der Waals surface area contributed by atoms with Gasteiger partial charge in [0.25, 0.3) is 5.91 Å². The molecule has 1 amide bonds. The molecule has 0 radical (unpaired) electrons. The van der Waals surface area contributed by atoms with Crippen LogP contribution in [0.4, 0.5) is 0 Å². The lowest BCUT2D eigenvalue weighted by molar-refractivity contribution is -0.140. The number of nitrogens with zero attached hydrogens (tertiary/aromatic N) is 1. The van der Waals surface area contributed by atoms with Crippen molar-refractivity contribution in [3.8, 4) is 5.75 Å². The van der Waals surface area contributed by atoms with Gasteiger partial charge in [-0.25, -0.2) is 0 Å². The normalized spacial score (nSPS) is 13.8. The molecule has 1 aromatic carbocycles. The summed E-state index contributed by atoms with van der Waals surface area (Å²) in [5.41, 5.74) is 1.93. The van der Waals surface area contributed by atoms with E-state index in [2.05, 4.69) is 6.08 Å². The van der Waals surface area contributed by atoms with Gasteiger partial charge in [0.05, 0.1) is 26.2 Å². The summed E-state index contributed by atoms with van der Waals surface area (Å²) in [6, 6.07) is 7.18. The van der Waals surface area contributed by atoms with E-state index in [0.717, 1.165) is 19.3 Å². The van der Waals surface area contributed by atoms with E-state index >= 15 is 0 Å². The van der Waals surface area contributed by atoms with Gasteiger partial charge in [0.15, 0.2) is 0 Å². The SMILES string of the molecule is COC(=O)CCN(CCC1=CCCCC1)C(=O)c1ccccc1OC. The molecule has 0 spiro atoms. The Morgan fingerprint density at radius 3 is 2.60 bits per heavy atom. The summed E-state index contributed by atoms with van der Waals surface area (Å²) in [5, 5.41) is 0. The second-order valence-electron chi connectivity index (χ2n) is 6.18. The number of carbonyl (C=O) groups excluding carboxylic acids is 2. The van der Waals surface area contributed by atoms with Gasteiger partial charge < -0.3 is 14.4 Å². The Hall–Kier alpha value is -2.30. The maximum Gasteiger partial charge on any atom is 0.307 e. The first kappa shape index (κ1) is 19.0. The minimum Gasteiger partial charge on any atom is -0.496 e. The molecule has 0 aromatic heterocycles. The van der Waals surface area contributed by atoms with Gasteiger partial charge in [0, 0.05) is 13.1 Å². The van der Waals surface area contributed by atoms with Crippen molar-refractivity contribution in [1.29, 1.82) is 0 Å². The number of ether oxygens (including phenoxy) is 2. The van der Waals surface area contributed by atoms with Crippen LogP contribution in [0.3, 0.4) is 0 Å². The molecule has 2 rings (SSSR count). The van der Waals surface area contributed by atoms with Crippen molar-refractivity contribution in [2.75, 3.05) is 27.3 Å². The fourth-order valence-corrected chi connectivity index (χ4v) is 3.05. The van der Waals surface area contributed by atoms with Crippen LogP contribution in [-0.4, -0.2) is 44.1 Å². The van der Waals surface area contributed by atoms with E-state index in [9.17, 15) is 9.59 Å². The van der Waals surface area contributed by atoms with E-state index in [1.165, 1.54) is 25.5 Å². The van der Waals surface area contributed by atoms with Crippen LogP contribution in [0.25, 0.3) is 0 Å². The quantitative estimate of drug-likeness (QED) is 0.534. The third kappa shape index (κ3) is 5.62. The molecule has 5 heteroatoms. The Morgan fingerprint density at radius 1 is 1.12 bits per heavy atom. The van der Waals surface area contributed by atoms with Gasteiger partial charge in [-0.2, -0.15) is 0 Å². The molecule has 25 heavy (non-hydrogen) atoms. The molecule has 0 saturated carbocycles. The molecule has 0 bridgehead atoms. The third-order valence-corrected chi connectivity index (χ3v) is 4.53. The van der Waals surface area contributed by atoms with Crippen molar-refractivity contribution in [3.63, 3.8) is 0 Å². The number of hydrogen-bond donors (Lipinski definition) is 0. The molecule has 0 unspecified atom stereocenters. The highest BCUT2D eigenvalue weighted by atomic mass is 16.5. The van der Waals surface area contributed by atoms with E-state index in [4.69, 9.17) is 9.47 Å². The average molecular weight is 345 g/mol. The predicted octanol–water partition coefficient (Wildman–Crippen LogP) is 3.59. The summed E-state index contributed by atoms with van der Waals surface area (Å²) in [5.74, 6) is 0.125. The fourth-order valence-electron chi connectivity index (χ4n) is 3.05. The summed E-state index contributed by atoms with van der Waals surface area (Å²) in [6.45, 7) is 0.941. The third-order valence-electron chi connectivity index (χ3n) is 4.53. The zero-order valence-corrected chi connectivity index (χ0v) is 15.1. The summed E-state index contributed by atoms with van der Waals surface area (Å²) in [4.78, 5) is 26.2. The number of benzene rings is 1. The van der Waals surface area contributed by atoms with Gasteiger partial charge in [-0.15, -0.1) is 0 Å². The lowest BCUT2D eigenvalue weighted by atomic mass is 9.97. The van der Waals surface area contributed by atoms with Crippen molar-refractivity contribution < 1.29 is 19.1 Å². The number of carbonyl (C=O) groups is 2. The Labute approximate surface area is 149 Å². The maximum absolute atomic E-state index is 13.0.